The van der Waals surface area contributed by atoms with Gasteiger partial charge in [-0.05, 0) is 17.2 Å². The number of carbonyl (C=O) groups excluding carboxylic acids is 1. The smallest absolute Gasteiger partial charge is 0.257 e. The van der Waals surface area contributed by atoms with E-state index in [1.54, 1.807) is 18.2 Å². The fourth-order valence-electron chi connectivity index (χ4n) is 1.44. The summed E-state index contributed by atoms with van der Waals surface area (Å²) in [5, 5.41) is 8.88. The number of fused-ring (bicyclic) bond motifs is 1. The molecule has 0 fully saturated rings. The molecule has 1 heterocycles. The van der Waals surface area contributed by atoms with Gasteiger partial charge < -0.3 is 5.11 Å². The molecule has 0 radical (unpaired) electrons. The lowest BCUT2D eigenvalue weighted by atomic mass is 9.89. The number of aliphatic hydroxyl groups excluding tert-OH is 1. The summed E-state index contributed by atoms with van der Waals surface area (Å²) in [5.74, 6) is -0.373. The summed E-state index contributed by atoms with van der Waals surface area (Å²) in [5.41, 5.74) is 1.73. The number of aliphatic imine (C=N–C) groups is 1. The van der Waals surface area contributed by atoms with Crippen LogP contribution < -0.4 is 0 Å². The van der Waals surface area contributed by atoms with Crippen molar-refractivity contribution in [2.45, 2.75) is 0 Å². The maximum Gasteiger partial charge on any atom is 0.257 e. The van der Waals surface area contributed by atoms with Crippen molar-refractivity contribution in [3.63, 3.8) is 0 Å². The van der Waals surface area contributed by atoms with Gasteiger partial charge in [0.05, 0.1) is 12.5 Å². The predicted molar refractivity (Wildman–Crippen MR) is 49.4 cm³/mol. The molecule has 1 amide bonds. The van der Waals surface area contributed by atoms with Gasteiger partial charge in [0.2, 0.25) is 0 Å². The summed E-state index contributed by atoms with van der Waals surface area (Å²) in [4.78, 5) is 14.9. The van der Waals surface area contributed by atoms with Crippen molar-refractivity contribution in [2.24, 2.45) is 10.9 Å². The first-order valence-electron chi connectivity index (χ1n) is 4.09. The highest BCUT2D eigenvalue weighted by atomic mass is 16.3. The van der Waals surface area contributed by atoms with E-state index in [0.29, 0.717) is 0 Å². The number of dihydropyridines is 1. The van der Waals surface area contributed by atoms with Gasteiger partial charge in [-0.3, -0.25) is 4.79 Å². The van der Waals surface area contributed by atoms with E-state index in [4.69, 9.17) is 5.11 Å². The van der Waals surface area contributed by atoms with E-state index in [9.17, 15) is 4.79 Å². The first kappa shape index (κ1) is 8.13. The Hall–Kier alpha value is -1.48. The Labute approximate surface area is 75.8 Å². The third-order valence-electron chi connectivity index (χ3n) is 2.13. The maximum absolute atomic E-state index is 11.2. The van der Waals surface area contributed by atoms with Crippen LogP contribution in [0.2, 0.25) is 0 Å². The quantitative estimate of drug-likeness (QED) is 0.635. The summed E-state index contributed by atoms with van der Waals surface area (Å²) in [6, 6.07) is 0. The van der Waals surface area contributed by atoms with Crippen LogP contribution in [-0.2, 0) is 4.79 Å². The molecule has 1 aliphatic carbocycles. The molecule has 0 bridgehead atoms. The molecule has 2 aliphatic rings. The number of carbonyl (C=O) groups is 1. The molecule has 1 unspecified atom stereocenters. The third-order valence-corrected chi connectivity index (χ3v) is 2.13. The third kappa shape index (κ3) is 1.38. The molecule has 1 N–H and O–H groups in total. The first-order chi connectivity index (χ1) is 6.31. The second-order valence-corrected chi connectivity index (χ2v) is 3.00. The SMILES string of the molecule is O=C1N=CC=C2C=C(CO)C=CC12. The monoisotopic (exact) mass is 175 g/mol. The number of nitrogens with zero attached hydrogens (tertiary/aromatic N) is 1. The van der Waals surface area contributed by atoms with Crippen LogP contribution >= 0.6 is 0 Å². The number of rotatable bonds is 1. The van der Waals surface area contributed by atoms with E-state index in [1.165, 1.54) is 6.21 Å². The van der Waals surface area contributed by atoms with Crippen molar-refractivity contribution in [2.75, 3.05) is 6.61 Å². The average molecular weight is 175 g/mol. The minimum Gasteiger partial charge on any atom is -0.392 e. The van der Waals surface area contributed by atoms with Crippen LogP contribution in [0.4, 0.5) is 0 Å². The lowest BCUT2D eigenvalue weighted by molar-refractivity contribution is -0.119. The van der Waals surface area contributed by atoms with Crippen LogP contribution in [0.15, 0.2) is 40.4 Å². The first-order valence-corrected chi connectivity index (χ1v) is 4.09. The Bertz CT molecular complexity index is 361. The number of allylic oxidation sites excluding steroid dienone is 2. The molecule has 0 saturated carbocycles. The number of hydrogen-bond donors (Lipinski definition) is 1. The normalized spacial score (nSPS) is 25.3. The zero-order valence-corrected chi connectivity index (χ0v) is 6.97. The number of aliphatic hydroxyl groups is 1. The van der Waals surface area contributed by atoms with Crippen molar-refractivity contribution in [3.8, 4) is 0 Å². The van der Waals surface area contributed by atoms with Crippen molar-refractivity contribution in [1.29, 1.82) is 0 Å². The van der Waals surface area contributed by atoms with E-state index in [1.807, 2.05) is 6.08 Å². The van der Waals surface area contributed by atoms with Crippen molar-refractivity contribution in [1.82, 2.24) is 0 Å². The van der Waals surface area contributed by atoms with Crippen LogP contribution in [0.25, 0.3) is 0 Å². The fraction of sp³-hybridized carbons (Fsp3) is 0.200. The molecule has 3 heteroatoms. The minimum atomic E-state index is -0.236. The van der Waals surface area contributed by atoms with Gasteiger partial charge in [0.1, 0.15) is 0 Å². The van der Waals surface area contributed by atoms with Gasteiger partial charge in [-0.2, -0.15) is 0 Å². The minimum absolute atomic E-state index is 0.00585. The van der Waals surface area contributed by atoms with Crippen molar-refractivity contribution in [3.05, 3.63) is 35.5 Å². The van der Waals surface area contributed by atoms with Gasteiger partial charge in [-0.15, -0.1) is 0 Å². The molecular formula is C10H9NO2. The number of hydrogen-bond acceptors (Lipinski definition) is 2. The van der Waals surface area contributed by atoms with E-state index >= 15 is 0 Å². The molecule has 13 heavy (non-hydrogen) atoms. The molecular weight excluding hydrogens is 166 g/mol. The van der Waals surface area contributed by atoms with E-state index in [2.05, 4.69) is 4.99 Å². The lowest BCUT2D eigenvalue weighted by Crippen LogP contribution is -2.17. The highest BCUT2D eigenvalue weighted by Crippen LogP contribution is 2.24. The Morgan fingerprint density at radius 1 is 1.54 bits per heavy atom. The summed E-state index contributed by atoms with van der Waals surface area (Å²) in [6.45, 7) is 0.00585. The standard InChI is InChI=1S/C10H9NO2/c12-6-7-1-2-9-8(5-7)3-4-11-10(9)13/h1-5,9,12H,6H2. The topological polar surface area (TPSA) is 49.7 Å². The summed E-state index contributed by atoms with van der Waals surface area (Å²) in [7, 11) is 0. The molecule has 0 aromatic rings. The summed E-state index contributed by atoms with van der Waals surface area (Å²) in [6.07, 6.45) is 8.66. The largest absolute Gasteiger partial charge is 0.392 e. The van der Waals surface area contributed by atoms with Crippen LogP contribution in [0, 0.1) is 5.92 Å². The van der Waals surface area contributed by atoms with E-state index in [-0.39, 0.29) is 18.4 Å². The molecule has 2 rings (SSSR count). The van der Waals surface area contributed by atoms with Crippen LogP contribution in [-0.4, -0.2) is 23.8 Å². The second kappa shape index (κ2) is 3.11. The van der Waals surface area contributed by atoms with Gasteiger partial charge in [0, 0.05) is 6.21 Å². The Morgan fingerprint density at radius 3 is 3.15 bits per heavy atom. The summed E-state index contributed by atoms with van der Waals surface area (Å²) < 4.78 is 0. The molecule has 3 nitrogen and oxygen atoms in total. The molecule has 0 aromatic carbocycles. The Kier molecular flexibility index (Phi) is 1.94. The van der Waals surface area contributed by atoms with Gasteiger partial charge in [0.15, 0.2) is 0 Å². The zero-order chi connectivity index (χ0) is 9.26. The fourth-order valence-corrected chi connectivity index (χ4v) is 1.44. The highest BCUT2D eigenvalue weighted by molar-refractivity contribution is 5.98. The molecule has 1 atom stereocenters. The van der Waals surface area contributed by atoms with Crippen LogP contribution in [0.1, 0.15) is 0 Å². The highest BCUT2D eigenvalue weighted by Gasteiger charge is 2.22. The van der Waals surface area contributed by atoms with Crippen molar-refractivity contribution >= 4 is 12.1 Å². The molecule has 0 aromatic heterocycles. The van der Waals surface area contributed by atoms with Gasteiger partial charge in [-0.1, -0.05) is 18.2 Å². The predicted octanol–water partition coefficient (Wildman–Crippen LogP) is 0.629. The van der Waals surface area contributed by atoms with E-state index < -0.39 is 0 Å². The van der Waals surface area contributed by atoms with Gasteiger partial charge >= 0.3 is 0 Å². The van der Waals surface area contributed by atoms with Gasteiger partial charge in [0.25, 0.3) is 5.91 Å². The molecule has 1 aliphatic heterocycles. The summed E-state index contributed by atoms with van der Waals surface area (Å²) >= 11 is 0. The Balaban J connectivity index is 2.36. The average Bonchev–Trinajstić information content (AvgIpc) is 2.18. The van der Waals surface area contributed by atoms with Gasteiger partial charge in [-0.25, -0.2) is 4.99 Å². The van der Waals surface area contributed by atoms with E-state index in [0.717, 1.165) is 11.1 Å². The molecule has 66 valence electrons. The second-order valence-electron chi connectivity index (χ2n) is 3.00. The van der Waals surface area contributed by atoms with Crippen LogP contribution in [0.3, 0.4) is 0 Å². The van der Waals surface area contributed by atoms with Crippen molar-refractivity contribution < 1.29 is 9.90 Å². The van der Waals surface area contributed by atoms with Crippen LogP contribution in [0.5, 0.6) is 0 Å². The number of amides is 1. The molecule has 0 spiro atoms. The Morgan fingerprint density at radius 2 is 2.38 bits per heavy atom. The maximum atomic E-state index is 11.2. The lowest BCUT2D eigenvalue weighted by Gasteiger charge is -2.17. The molecule has 0 saturated heterocycles. The zero-order valence-electron chi connectivity index (χ0n) is 6.97.